The maximum atomic E-state index is 4.44. The van der Waals surface area contributed by atoms with Crippen LogP contribution in [0.4, 0.5) is 5.82 Å². The third-order valence-electron chi connectivity index (χ3n) is 2.38. The predicted molar refractivity (Wildman–Crippen MR) is 57.5 cm³/mol. The van der Waals surface area contributed by atoms with E-state index in [2.05, 4.69) is 22.2 Å². The summed E-state index contributed by atoms with van der Waals surface area (Å²) in [6, 6.07) is 4.15. The Balaban J connectivity index is 2.26. The molecule has 0 radical (unpaired) electrons. The number of aromatic nitrogens is 1. The van der Waals surface area contributed by atoms with Gasteiger partial charge in [-0.15, -0.1) is 11.8 Å². The van der Waals surface area contributed by atoms with Crippen molar-refractivity contribution in [3.63, 3.8) is 0 Å². The van der Waals surface area contributed by atoms with E-state index < -0.39 is 0 Å². The number of pyridine rings is 1. The van der Waals surface area contributed by atoms with Gasteiger partial charge in [-0.1, -0.05) is 0 Å². The molecule has 0 bridgehead atoms. The Kier molecular flexibility index (Phi) is 2.74. The van der Waals surface area contributed by atoms with E-state index in [1.807, 2.05) is 12.3 Å². The van der Waals surface area contributed by atoms with Gasteiger partial charge in [0.1, 0.15) is 5.82 Å². The minimum atomic E-state index is 1.17. The molecule has 1 aromatic heterocycles. The van der Waals surface area contributed by atoms with Crippen molar-refractivity contribution in [1.29, 1.82) is 0 Å². The van der Waals surface area contributed by atoms with Gasteiger partial charge in [-0.05, 0) is 31.2 Å². The summed E-state index contributed by atoms with van der Waals surface area (Å²) in [5, 5.41) is 0. The largest absolute Gasteiger partial charge is 0.356 e. The average molecular weight is 194 g/mol. The number of thioether (sulfide) groups is 1. The molecule has 2 heterocycles. The highest BCUT2D eigenvalue weighted by atomic mass is 32.2. The quantitative estimate of drug-likeness (QED) is 0.673. The predicted octanol–water partition coefficient (Wildman–Crippen LogP) is 2.40. The minimum absolute atomic E-state index is 1.17. The van der Waals surface area contributed by atoms with Crippen molar-refractivity contribution < 1.29 is 0 Å². The number of nitrogens with zero attached hydrogens (tertiary/aromatic N) is 2. The molecule has 1 fully saturated rings. The standard InChI is InChI=1S/C10H14N2S/c1-13-9-5-4-6-11-10(9)12-7-2-3-8-12/h4-6H,2-3,7-8H2,1H3. The Hall–Kier alpha value is -0.700. The minimum Gasteiger partial charge on any atom is -0.356 e. The number of rotatable bonds is 2. The Labute approximate surface area is 83.4 Å². The topological polar surface area (TPSA) is 16.1 Å². The summed E-state index contributed by atoms with van der Waals surface area (Å²) in [6.07, 6.45) is 6.61. The second-order valence-corrected chi connectivity index (χ2v) is 4.07. The van der Waals surface area contributed by atoms with Crippen LogP contribution < -0.4 is 4.90 Å². The summed E-state index contributed by atoms with van der Waals surface area (Å²) in [5.41, 5.74) is 0. The maximum absolute atomic E-state index is 4.44. The van der Waals surface area contributed by atoms with E-state index in [-0.39, 0.29) is 0 Å². The van der Waals surface area contributed by atoms with E-state index in [4.69, 9.17) is 0 Å². The third kappa shape index (κ3) is 1.80. The lowest BCUT2D eigenvalue weighted by atomic mass is 10.4. The third-order valence-corrected chi connectivity index (χ3v) is 3.13. The highest BCUT2D eigenvalue weighted by molar-refractivity contribution is 7.98. The molecule has 0 amide bonds. The van der Waals surface area contributed by atoms with Gasteiger partial charge in [0.15, 0.2) is 0 Å². The number of anilines is 1. The summed E-state index contributed by atoms with van der Waals surface area (Å²) < 4.78 is 0. The van der Waals surface area contributed by atoms with Crippen LogP contribution in [0.15, 0.2) is 23.2 Å². The molecule has 3 heteroatoms. The molecule has 0 atom stereocenters. The van der Waals surface area contributed by atoms with Crippen molar-refractivity contribution in [1.82, 2.24) is 4.98 Å². The zero-order valence-electron chi connectivity index (χ0n) is 7.86. The van der Waals surface area contributed by atoms with Crippen LogP contribution in [0, 0.1) is 0 Å². The summed E-state index contributed by atoms with van der Waals surface area (Å²) in [7, 11) is 0. The first-order valence-corrected chi connectivity index (χ1v) is 5.88. The molecule has 1 aromatic rings. The van der Waals surface area contributed by atoms with Crippen LogP contribution in [-0.4, -0.2) is 24.3 Å². The summed E-state index contributed by atoms with van der Waals surface area (Å²) >= 11 is 1.78. The van der Waals surface area contributed by atoms with E-state index in [1.54, 1.807) is 11.8 Å². The van der Waals surface area contributed by atoms with Gasteiger partial charge in [0, 0.05) is 24.2 Å². The van der Waals surface area contributed by atoms with Gasteiger partial charge in [-0.2, -0.15) is 0 Å². The lowest BCUT2D eigenvalue weighted by Gasteiger charge is -2.18. The van der Waals surface area contributed by atoms with Crippen LogP contribution in [0.5, 0.6) is 0 Å². The summed E-state index contributed by atoms with van der Waals surface area (Å²) in [4.78, 5) is 8.11. The molecular formula is C10H14N2S. The van der Waals surface area contributed by atoms with E-state index in [0.717, 1.165) is 0 Å². The van der Waals surface area contributed by atoms with Gasteiger partial charge < -0.3 is 4.90 Å². The fourth-order valence-corrected chi connectivity index (χ4v) is 2.29. The van der Waals surface area contributed by atoms with Crippen LogP contribution in [0.2, 0.25) is 0 Å². The fraction of sp³-hybridized carbons (Fsp3) is 0.500. The van der Waals surface area contributed by atoms with Crippen LogP contribution in [0.25, 0.3) is 0 Å². The first-order valence-electron chi connectivity index (χ1n) is 4.66. The summed E-state index contributed by atoms with van der Waals surface area (Å²) in [6.45, 7) is 2.34. The molecule has 2 nitrogen and oxygen atoms in total. The molecule has 0 aliphatic carbocycles. The van der Waals surface area contributed by atoms with Gasteiger partial charge in [-0.25, -0.2) is 4.98 Å². The van der Waals surface area contributed by atoms with Crippen molar-refractivity contribution in [3.05, 3.63) is 18.3 Å². The monoisotopic (exact) mass is 194 g/mol. The summed E-state index contributed by atoms with van der Waals surface area (Å²) in [5.74, 6) is 1.17. The van der Waals surface area contributed by atoms with Crippen molar-refractivity contribution in [2.24, 2.45) is 0 Å². The molecule has 70 valence electrons. The van der Waals surface area contributed by atoms with Gasteiger partial charge in [0.25, 0.3) is 0 Å². The van der Waals surface area contributed by atoms with Crippen LogP contribution >= 0.6 is 11.8 Å². The van der Waals surface area contributed by atoms with Crippen LogP contribution in [-0.2, 0) is 0 Å². The molecule has 13 heavy (non-hydrogen) atoms. The molecule has 1 saturated heterocycles. The normalized spacial score (nSPS) is 16.5. The van der Waals surface area contributed by atoms with Crippen LogP contribution in [0.1, 0.15) is 12.8 Å². The van der Waals surface area contributed by atoms with Gasteiger partial charge in [0.05, 0.1) is 0 Å². The zero-order chi connectivity index (χ0) is 9.10. The molecule has 0 N–H and O–H groups in total. The van der Waals surface area contributed by atoms with Gasteiger partial charge >= 0.3 is 0 Å². The van der Waals surface area contributed by atoms with Crippen molar-refractivity contribution >= 4 is 17.6 Å². The second kappa shape index (κ2) is 4.01. The molecule has 1 aliphatic rings. The van der Waals surface area contributed by atoms with E-state index >= 15 is 0 Å². The highest BCUT2D eigenvalue weighted by Gasteiger charge is 2.15. The molecule has 0 aromatic carbocycles. The number of hydrogen-bond acceptors (Lipinski definition) is 3. The Morgan fingerprint density at radius 3 is 2.85 bits per heavy atom. The lowest BCUT2D eigenvalue weighted by Crippen LogP contribution is -2.19. The molecule has 2 rings (SSSR count). The molecule has 0 spiro atoms. The Morgan fingerprint density at radius 2 is 2.15 bits per heavy atom. The van der Waals surface area contributed by atoms with Crippen molar-refractivity contribution in [3.8, 4) is 0 Å². The highest BCUT2D eigenvalue weighted by Crippen LogP contribution is 2.28. The second-order valence-electron chi connectivity index (χ2n) is 3.22. The maximum Gasteiger partial charge on any atom is 0.142 e. The van der Waals surface area contributed by atoms with E-state index in [9.17, 15) is 0 Å². The van der Waals surface area contributed by atoms with Crippen LogP contribution in [0.3, 0.4) is 0 Å². The lowest BCUT2D eigenvalue weighted by molar-refractivity contribution is 0.916. The molecule has 1 aliphatic heterocycles. The first-order chi connectivity index (χ1) is 6.42. The van der Waals surface area contributed by atoms with Crippen molar-refractivity contribution in [2.75, 3.05) is 24.2 Å². The molecular weight excluding hydrogens is 180 g/mol. The van der Waals surface area contributed by atoms with E-state index in [1.165, 1.54) is 36.6 Å². The molecule has 0 unspecified atom stereocenters. The average Bonchev–Trinajstić information content (AvgIpc) is 2.70. The first kappa shape index (κ1) is 8.88. The van der Waals surface area contributed by atoms with Gasteiger partial charge in [0.2, 0.25) is 0 Å². The zero-order valence-corrected chi connectivity index (χ0v) is 8.68. The smallest absolute Gasteiger partial charge is 0.142 e. The number of hydrogen-bond donors (Lipinski definition) is 0. The van der Waals surface area contributed by atoms with Gasteiger partial charge in [-0.3, -0.25) is 0 Å². The Morgan fingerprint density at radius 1 is 1.38 bits per heavy atom. The van der Waals surface area contributed by atoms with Crippen molar-refractivity contribution in [2.45, 2.75) is 17.7 Å². The SMILES string of the molecule is CSc1cccnc1N1CCCC1. The molecule has 0 saturated carbocycles. The fourth-order valence-electron chi connectivity index (χ4n) is 1.71. The van der Waals surface area contributed by atoms with E-state index in [0.29, 0.717) is 0 Å². The Bertz CT molecular complexity index is 282.